The summed E-state index contributed by atoms with van der Waals surface area (Å²) in [7, 11) is -4.50. The molecule has 1 aliphatic rings. The van der Waals surface area contributed by atoms with Crippen molar-refractivity contribution in [1.82, 2.24) is 19.8 Å². The van der Waals surface area contributed by atoms with Crippen LogP contribution < -0.4 is 25.8 Å². The Hall–Kier alpha value is -5.04. The minimum absolute atomic E-state index is 0.0608. The Labute approximate surface area is 271 Å². The lowest BCUT2D eigenvalue weighted by molar-refractivity contribution is -0.275. The van der Waals surface area contributed by atoms with E-state index < -0.39 is 51.1 Å². The van der Waals surface area contributed by atoms with Crippen LogP contribution in [-0.2, 0) is 21.4 Å². The number of amidine groups is 1. The van der Waals surface area contributed by atoms with Gasteiger partial charge in [-0.05, 0) is 48.9 Å². The number of ether oxygens (including phenoxy) is 2. The van der Waals surface area contributed by atoms with Crippen molar-refractivity contribution in [3.05, 3.63) is 90.5 Å². The summed E-state index contributed by atoms with van der Waals surface area (Å²) < 4.78 is 111. The van der Waals surface area contributed by atoms with Crippen LogP contribution in [0.25, 0.3) is 0 Å². The summed E-state index contributed by atoms with van der Waals surface area (Å²) in [4.78, 5) is 18.5. The van der Waals surface area contributed by atoms with Crippen LogP contribution in [0.5, 0.6) is 11.5 Å². The first-order valence-corrected chi connectivity index (χ1v) is 15.1. The van der Waals surface area contributed by atoms with Crippen LogP contribution in [0.2, 0.25) is 0 Å². The molecule has 2 aromatic rings. The highest BCUT2D eigenvalue weighted by atomic mass is 32.2. The van der Waals surface area contributed by atoms with Crippen LogP contribution in [-0.4, -0.2) is 74.0 Å². The molecule has 2 aromatic carbocycles. The van der Waals surface area contributed by atoms with E-state index in [1.165, 1.54) is 23.2 Å². The van der Waals surface area contributed by atoms with E-state index in [1.807, 2.05) is 0 Å². The predicted octanol–water partition coefficient (Wildman–Crippen LogP) is 3.96. The van der Waals surface area contributed by atoms with Crippen molar-refractivity contribution in [1.29, 1.82) is 5.41 Å². The van der Waals surface area contributed by atoms with Gasteiger partial charge in [0.2, 0.25) is 15.9 Å². The summed E-state index contributed by atoms with van der Waals surface area (Å²) in [6, 6.07) is 6.52. The summed E-state index contributed by atoms with van der Waals surface area (Å²) in [5.41, 5.74) is 6.90. The second-order valence-corrected chi connectivity index (χ2v) is 12.0. The zero-order chi connectivity index (χ0) is 35.9. The molecule has 0 aromatic heterocycles. The SMILES string of the molecule is C=C(C)NC=C(N=CC(=N)N1CCN(S(=O)(=O)c2ccc(OC(F)(F)F)cc2)[C@@H](C(=O)NCc2ccc(OC(F)(F)F)cc2)C1)C(=C)N. The van der Waals surface area contributed by atoms with Crippen LogP contribution >= 0.6 is 0 Å². The molecule has 48 heavy (non-hydrogen) atoms. The Bertz CT molecular complexity index is 1680. The Morgan fingerprint density at radius 1 is 1.02 bits per heavy atom. The lowest BCUT2D eigenvalue weighted by Crippen LogP contribution is -2.61. The topological polar surface area (TPSA) is 162 Å². The molecule has 0 bridgehead atoms. The number of aliphatic imine (C=N–C) groups is 1. The van der Waals surface area contributed by atoms with Crippen LogP contribution in [0, 0.1) is 5.41 Å². The molecule has 1 fully saturated rings. The number of carbonyl (C=O) groups excluding carboxylic acids is 1. The summed E-state index contributed by atoms with van der Waals surface area (Å²) in [6.45, 7) is 7.98. The van der Waals surface area contributed by atoms with E-state index in [9.17, 15) is 39.6 Å². The van der Waals surface area contributed by atoms with E-state index in [1.54, 1.807) is 6.92 Å². The van der Waals surface area contributed by atoms with Crippen molar-refractivity contribution in [2.75, 3.05) is 19.6 Å². The average Bonchev–Trinajstić information content (AvgIpc) is 2.98. The molecule has 1 amide bonds. The van der Waals surface area contributed by atoms with Gasteiger partial charge < -0.3 is 30.7 Å². The molecular weight excluding hydrogens is 672 g/mol. The van der Waals surface area contributed by atoms with E-state index in [-0.39, 0.29) is 43.4 Å². The number of sulfonamides is 1. The van der Waals surface area contributed by atoms with Gasteiger partial charge in [0.15, 0.2) is 0 Å². The molecule has 0 radical (unpaired) electrons. The number of halogens is 6. The number of nitrogens with two attached hydrogens (primary N) is 1. The quantitative estimate of drug-likeness (QED) is 0.112. The molecule has 0 unspecified atom stereocenters. The highest BCUT2D eigenvalue weighted by molar-refractivity contribution is 7.89. The number of alkyl halides is 6. The first-order valence-electron chi connectivity index (χ1n) is 13.7. The van der Waals surface area contributed by atoms with E-state index in [2.05, 4.69) is 38.3 Å². The van der Waals surface area contributed by atoms with Gasteiger partial charge in [-0.2, -0.15) is 4.31 Å². The highest BCUT2D eigenvalue weighted by Crippen LogP contribution is 2.27. The average molecular weight is 704 g/mol. The molecule has 5 N–H and O–H groups in total. The van der Waals surface area contributed by atoms with Gasteiger partial charge in [-0.3, -0.25) is 10.2 Å². The fourth-order valence-corrected chi connectivity index (χ4v) is 5.74. The lowest BCUT2D eigenvalue weighted by atomic mass is 10.1. The van der Waals surface area contributed by atoms with Gasteiger partial charge in [-0.25, -0.2) is 13.4 Å². The predicted molar refractivity (Wildman–Crippen MR) is 163 cm³/mol. The number of nitrogens with one attached hydrogen (secondary N) is 3. The molecule has 260 valence electrons. The Kier molecular flexibility index (Phi) is 11.9. The first kappa shape index (κ1) is 37.4. The molecule has 1 atom stereocenters. The van der Waals surface area contributed by atoms with Crippen LogP contribution in [0.15, 0.2) is 94.9 Å². The molecule has 3 rings (SSSR count). The van der Waals surface area contributed by atoms with Crippen molar-refractivity contribution >= 4 is 28.0 Å². The second kappa shape index (κ2) is 15.2. The summed E-state index contributed by atoms with van der Waals surface area (Å²) in [5, 5.41) is 13.9. The van der Waals surface area contributed by atoms with Crippen molar-refractivity contribution in [3.63, 3.8) is 0 Å². The van der Waals surface area contributed by atoms with Gasteiger partial charge in [-0.1, -0.05) is 25.3 Å². The van der Waals surface area contributed by atoms with Crippen LogP contribution in [0.1, 0.15) is 12.5 Å². The summed E-state index contributed by atoms with van der Waals surface area (Å²) >= 11 is 0. The Morgan fingerprint density at radius 3 is 2.06 bits per heavy atom. The maximum absolute atomic E-state index is 13.7. The zero-order valence-corrected chi connectivity index (χ0v) is 26.0. The molecular formula is C29H31F6N7O5S. The summed E-state index contributed by atoms with van der Waals surface area (Å²) in [5.74, 6) is -2.20. The molecule has 0 spiro atoms. The molecule has 19 heteroatoms. The van der Waals surface area contributed by atoms with Crippen molar-refractivity contribution in [2.24, 2.45) is 10.7 Å². The number of hydrogen-bond donors (Lipinski definition) is 4. The van der Waals surface area contributed by atoms with Gasteiger partial charge in [0.05, 0.1) is 16.8 Å². The van der Waals surface area contributed by atoms with Gasteiger partial charge >= 0.3 is 12.7 Å². The lowest BCUT2D eigenvalue weighted by Gasteiger charge is -2.40. The number of nitrogens with zero attached hydrogens (tertiary/aromatic N) is 3. The number of carbonyl (C=O) groups is 1. The Morgan fingerprint density at radius 2 is 1.56 bits per heavy atom. The largest absolute Gasteiger partial charge is 0.573 e. The van der Waals surface area contributed by atoms with Crippen LogP contribution in [0.3, 0.4) is 0 Å². The number of benzene rings is 2. The number of rotatable bonds is 12. The third kappa shape index (κ3) is 11.0. The smallest absolute Gasteiger partial charge is 0.406 e. The monoisotopic (exact) mass is 703 g/mol. The minimum Gasteiger partial charge on any atom is -0.406 e. The first-order chi connectivity index (χ1) is 22.2. The molecule has 0 aliphatic carbocycles. The normalized spacial score (nSPS) is 16.4. The van der Waals surface area contributed by atoms with E-state index in [4.69, 9.17) is 11.1 Å². The zero-order valence-electron chi connectivity index (χ0n) is 25.2. The van der Waals surface area contributed by atoms with Gasteiger partial charge in [-0.15, -0.1) is 26.3 Å². The van der Waals surface area contributed by atoms with Gasteiger partial charge in [0.1, 0.15) is 29.1 Å². The molecule has 1 heterocycles. The summed E-state index contributed by atoms with van der Waals surface area (Å²) in [6.07, 6.45) is -7.39. The fraction of sp³-hybridized carbons (Fsp3) is 0.276. The van der Waals surface area contributed by atoms with Crippen molar-refractivity contribution in [2.45, 2.75) is 37.1 Å². The second-order valence-electron chi connectivity index (χ2n) is 10.1. The minimum atomic E-state index is -5.01. The van der Waals surface area contributed by atoms with E-state index in [0.29, 0.717) is 11.3 Å². The van der Waals surface area contributed by atoms with Crippen molar-refractivity contribution in [3.8, 4) is 11.5 Å². The third-order valence-corrected chi connectivity index (χ3v) is 8.29. The number of allylic oxidation sites excluding steroid dienone is 1. The van der Waals surface area contributed by atoms with Crippen LogP contribution in [0.4, 0.5) is 26.3 Å². The molecule has 12 nitrogen and oxygen atoms in total. The standard InChI is InChI=1S/C29H31F6N7O5S/c1-18(2)38-15-24(19(3)36)39-16-26(37)41-12-13-42(48(44,45)23-10-8-22(9-11-23)47-29(33,34)35)25(17-41)27(43)40-14-20-4-6-21(7-5-20)46-28(30,31)32/h4-11,15-16,25,37-38H,1,3,12-14,17,36H2,2H3,(H,40,43)/t25-/m1/s1. The number of piperazine rings is 1. The molecule has 1 aliphatic heterocycles. The molecule has 0 saturated carbocycles. The van der Waals surface area contributed by atoms with Crippen molar-refractivity contribution < 1.29 is 49.0 Å². The number of amides is 1. The maximum atomic E-state index is 13.7. The fourth-order valence-electron chi connectivity index (χ4n) is 4.17. The Balaban J connectivity index is 1.86. The maximum Gasteiger partial charge on any atom is 0.573 e. The molecule has 1 saturated heterocycles. The highest BCUT2D eigenvalue weighted by Gasteiger charge is 2.41. The number of hydrogen-bond acceptors (Lipinski definition) is 9. The van der Waals surface area contributed by atoms with Gasteiger partial charge in [0, 0.05) is 38.1 Å². The van der Waals surface area contributed by atoms with E-state index in [0.717, 1.165) is 46.9 Å². The third-order valence-electron chi connectivity index (χ3n) is 6.37. The van der Waals surface area contributed by atoms with E-state index >= 15 is 0 Å². The van der Waals surface area contributed by atoms with Gasteiger partial charge in [0.25, 0.3) is 0 Å².